The van der Waals surface area contributed by atoms with E-state index in [0.717, 1.165) is 38.7 Å². The molecule has 0 radical (unpaired) electrons. The van der Waals surface area contributed by atoms with Crippen LogP contribution in [0.25, 0.3) is 32.9 Å². The van der Waals surface area contributed by atoms with Crippen molar-refractivity contribution in [1.82, 2.24) is 4.98 Å². The fraction of sp³-hybridized carbons (Fsp3) is 0.0500. The Kier molecular flexibility index (Phi) is 3.18. The molecule has 3 aromatic carbocycles. The number of nitrogens with one attached hydrogen (secondary N) is 1. The van der Waals surface area contributed by atoms with Crippen molar-refractivity contribution in [3.63, 3.8) is 0 Å². The van der Waals surface area contributed by atoms with Gasteiger partial charge < -0.3 is 22.2 Å². The molecule has 0 atom stereocenters. The average molecular weight is 330 g/mol. The number of benzene rings is 3. The summed E-state index contributed by atoms with van der Waals surface area (Å²) in [5, 5.41) is 1.93. The highest BCUT2D eigenvalue weighted by atomic mass is 16.1. The number of fused-ring (bicyclic) bond motifs is 3. The van der Waals surface area contributed by atoms with E-state index in [2.05, 4.69) is 4.98 Å². The molecular formula is C20H18N4O. The first-order chi connectivity index (χ1) is 12.0. The van der Waals surface area contributed by atoms with E-state index in [4.69, 9.17) is 17.2 Å². The van der Waals surface area contributed by atoms with Crippen LogP contribution >= 0.6 is 0 Å². The fourth-order valence-electron chi connectivity index (χ4n) is 3.41. The van der Waals surface area contributed by atoms with Gasteiger partial charge in [0.25, 0.3) is 5.91 Å². The number of aromatic nitrogens is 1. The molecule has 0 aliphatic carbocycles. The smallest absolute Gasteiger partial charge is 0.250 e. The number of anilines is 2. The van der Waals surface area contributed by atoms with Gasteiger partial charge in [0.1, 0.15) is 0 Å². The standard InChI is InChI=1S/C20H18N4O/c1-10-12(3-2-4-16(10)22)13-7-8-15(20(23)25)19-18(13)14-6-5-11(21)9-17(14)24-19/h2-9,24H,21-22H2,1H3,(H2,23,25). The summed E-state index contributed by atoms with van der Waals surface area (Å²) in [5.41, 5.74) is 24.0. The van der Waals surface area contributed by atoms with E-state index in [9.17, 15) is 4.79 Å². The van der Waals surface area contributed by atoms with Gasteiger partial charge in [-0.05, 0) is 47.9 Å². The molecule has 7 N–H and O–H groups in total. The highest BCUT2D eigenvalue weighted by Crippen LogP contribution is 2.38. The molecule has 1 heterocycles. The summed E-state index contributed by atoms with van der Waals surface area (Å²) in [6.07, 6.45) is 0. The van der Waals surface area contributed by atoms with Crippen molar-refractivity contribution in [2.45, 2.75) is 6.92 Å². The Labute approximate surface area is 144 Å². The van der Waals surface area contributed by atoms with E-state index in [1.807, 2.05) is 49.4 Å². The van der Waals surface area contributed by atoms with Crippen molar-refractivity contribution in [2.75, 3.05) is 11.5 Å². The summed E-state index contributed by atoms with van der Waals surface area (Å²) >= 11 is 0. The Hall–Kier alpha value is -3.47. The van der Waals surface area contributed by atoms with Gasteiger partial charge in [-0.1, -0.05) is 24.3 Å². The van der Waals surface area contributed by atoms with Crippen molar-refractivity contribution in [3.05, 3.63) is 59.7 Å². The molecule has 0 aliphatic rings. The molecule has 1 amide bonds. The number of H-pyrrole nitrogens is 1. The van der Waals surface area contributed by atoms with Gasteiger partial charge in [0.2, 0.25) is 0 Å². The highest BCUT2D eigenvalue weighted by molar-refractivity contribution is 6.20. The van der Waals surface area contributed by atoms with Crippen LogP contribution in [0.3, 0.4) is 0 Å². The number of aromatic amines is 1. The van der Waals surface area contributed by atoms with E-state index >= 15 is 0 Å². The second-order valence-electron chi connectivity index (χ2n) is 6.22. The Balaban J connectivity index is 2.19. The van der Waals surface area contributed by atoms with Crippen LogP contribution in [0.5, 0.6) is 0 Å². The Bertz CT molecular complexity index is 1160. The van der Waals surface area contributed by atoms with Crippen molar-refractivity contribution in [1.29, 1.82) is 0 Å². The zero-order chi connectivity index (χ0) is 17.7. The van der Waals surface area contributed by atoms with Gasteiger partial charge in [-0.25, -0.2) is 0 Å². The second-order valence-corrected chi connectivity index (χ2v) is 6.22. The first-order valence-corrected chi connectivity index (χ1v) is 7.96. The molecule has 25 heavy (non-hydrogen) atoms. The van der Waals surface area contributed by atoms with Crippen LogP contribution < -0.4 is 17.2 Å². The third kappa shape index (κ3) is 2.21. The fourth-order valence-corrected chi connectivity index (χ4v) is 3.41. The molecule has 4 rings (SSSR count). The first-order valence-electron chi connectivity index (χ1n) is 7.96. The Morgan fingerprint density at radius 3 is 2.56 bits per heavy atom. The van der Waals surface area contributed by atoms with Crippen molar-refractivity contribution >= 4 is 39.1 Å². The van der Waals surface area contributed by atoms with Crippen molar-refractivity contribution in [2.24, 2.45) is 5.73 Å². The lowest BCUT2D eigenvalue weighted by atomic mass is 9.93. The minimum atomic E-state index is -0.472. The van der Waals surface area contributed by atoms with Crippen LogP contribution in [-0.2, 0) is 0 Å². The average Bonchev–Trinajstić information content (AvgIpc) is 2.94. The van der Waals surface area contributed by atoms with Crippen molar-refractivity contribution in [3.8, 4) is 11.1 Å². The Morgan fingerprint density at radius 1 is 1.00 bits per heavy atom. The molecule has 5 nitrogen and oxygen atoms in total. The zero-order valence-electron chi connectivity index (χ0n) is 13.8. The Morgan fingerprint density at radius 2 is 1.80 bits per heavy atom. The number of nitrogen functional groups attached to an aromatic ring is 2. The first kappa shape index (κ1) is 15.1. The number of nitrogens with two attached hydrogens (primary N) is 3. The maximum atomic E-state index is 11.9. The summed E-state index contributed by atoms with van der Waals surface area (Å²) in [5.74, 6) is -0.472. The highest BCUT2D eigenvalue weighted by Gasteiger charge is 2.17. The molecule has 0 unspecified atom stereocenters. The van der Waals surface area contributed by atoms with Crippen LogP contribution in [0.15, 0.2) is 48.5 Å². The largest absolute Gasteiger partial charge is 0.399 e. The lowest BCUT2D eigenvalue weighted by Gasteiger charge is -2.11. The molecule has 0 saturated heterocycles. The van der Waals surface area contributed by atoms with Crippen LogP contribution in [0.1, 0.15) is 15.9 Å². The van der Waals surface area contributed by atoms with E-state index in [0.29, 0.717) is 16.8 Å². The topological polar surface area (TPSA) is 111 Å². The summed E-state index contributed by atoms with van der Waals surface area (Å²) in [6, 6.07) is 15.2. The molecule has 124 valence electrons. The van der Waals surface area contributed by atoms with Gasteiger partial charge >= 0.3 is 0 Å². The number of hydrogen-bond acceptors (Lipinski definition) is 3. The van der Waals surface area contributed by atoms with E-state index in [1.165, 1.54) is 0 Å². The summed E-state index contributed by atoms with van der Waals surface area (Å²) in [4.78, 5) is 15.2. The number of rotatable bonds is 2. The molecular weight excluding hydrogens is 312 g/mol. The van der Waals surface area contributed by atoms with Crippen LogP contribution in [-0.4, -0.2) is 10.9 Å². The molecule has 0 bridgehead atoms. The second kappa shape index (κ2) is 5.27. The van der Waals surface area contributed by atoms with Gasteiger partial charge in [-0.2, -0.15) is 0 Å². The van der Waals surface area contributed by atoms with Gasteiger partial charge in [-0.3, -0.25) is 4.79 Å². The lowest BCUT2D eigenvalue weighted by Crippen LogP contribution is -2.11. The molecule has 0 saturated carbocycles. The van der Waals surface area contributed by atoms with Gasteiger partial charge in [0.05, 0.1) is 11.1 Å². The number of amides is 1. The monoisotopic (exact) mass is 330 g/mol. The number of primary amides is 1. The molecule has 4 aromatic rings. The number of carbonyl (C=O) groups is 1. The van der Waals surface area contributed by atoms with E-state index in [1.54, 1.807) is 6.07 Å². The predicted molar refractivity (Wildman–Crippen MR) is 103 cm³/mol. The van der Waals surface area contributed by atoms with Gasteiger partial charge in [-0.15, -0.1) is 0 Å². The van der Waals surface area contributed by atoms with Gasteiger partial charge in [0, 0.05) is 27.7 Å². The maximum absolute atomic E-state index is 11.9. The number of carbonyl (C=O) groups excluding carboxylic acids is 1. The van der Waals surface area contributed by atoms with Crippen LogP contribution in [0, 0.1) is 6.92 Å². The molecule has 0 spiro atoms. The molecule has 5 heteroatoms. The van der Waals surface area contributed by atoms with Crippen molar-refractivity contribution < 1.29 is 4.79 Å². The zero-order valence-corrected chi connectivity index (χ0v) is 13.8. The van der Waals surface area contributed by atoms with E-state index in [-0.39, 0.29) is 0 Å². The third-order valence-electron chi connectivity index (χ3n) is 4.71. The summed E-state index contributed by atoms with van der Waals surface area (Å²) < 4.78 is 0. The molecule has 1 aromatic heterocycles. The minimum absolute atomic E-state index is 0.454. The third-order valence-corrected chi connectivity index (χ3v) is 4.71. The normalized spacial score (nSPS) is 11.2. The van der Waals surface area contributed by atoms with Gasteiger partial charge in [0.15, 0.2) is 0 Å². The SMILES string of the molecule is Cc1c(N)cccc1-c1ccc(C(N)=O)c2[nH]c3cc(N)ccc3c12. The summed E-state index contributed by atoms with van der Waals surface area (Å²) in [7, 11) is 0. The minimum Gasteiger partial charge on any atom is -0.399 e. The summed E-state index contributed by atoms with van der Waals surface area (Å²) in [6.45, 7) is 1.99. The van der Waals surface area contributed by atoms with E-state index < -0.39 is 5.91 Å². The molecule has 0 aliphatic heterocycles. The van der Waals surface area contributed by atoms with Crippen LogP contribution in [0.2, 0.25) is 0 Å². The maximum Gasteiger partial charge on any atom is 0.250 e. The predicted octanol–water partition coefficient (Wildman–Crippen LogP) is 3.56. The number of hydrogen-bond donors (Lipinski definition) is 4. The quantitative estimate of drug-likeness (QED) is 0.422. The lowest BCUT2D eigenvalue weighted by molar-refractivity contribution is 0.100. The van der Waals surface area contributed by atoms with Crippen LogP contribution in [0.4, 0.5) is 11.4 Å². The molecule has 0 fully saturated rings.